The summed E-state index contributed by atoms with van der Waals surface area (Å²) in [4.78, 5) is 30.3. The molecule has 1 aromatic heterocycles. The van der Waals surface area contributed by atoms with E-state index in [0.29, 0.717) is 19.5 Å². The fourth-order valence-electron chi connectivity index (χ4n) is 4.64. The van der Waals surface area contributed by atoms with Crippen LogP contribution in [-0.2, 0) is 11.2 Å². The topological polar surface area (TPSA) is 67.3 Å². The predicted octanol–water partition coefficient (Wildman–Crippen LogP) is 3.11. The van der Waals surface area contributed by atoms with E-state index in [9.17, 15) is 9.59 Å². The fraction of sp³-hybridized carbons (Fsp3) is 0.391. The molecule has 0 spiro atoms. The van der Waals surface area contributed by atoms with Gasteiger partial charge >= 0.3 is 5.69 Å². The Morgan fingerprint density at radius 2 is 1.83 bits per heavy atom. The molecule has 2 aliphatic rings. The number of imidazole rings is 1. The van der Waals surface area contributed by atoms with Gasteiger partial charge in [-0.25, -0.2) is 4.79 Å². The second kappa shape index (κ2) is 6.79. The molecule has 6 heteroatoms. The van der Waals surface area contributed by atoms with Crippen LogP contribution in [0.5, 0.6) is 5.75 Å². The number of hydrogen-bond acceptors (Lipinski definition) is 3. The van der Waals surface area contributed by atoms with E-state index in [-0.39, 0.29) is 17.6 Å². The molecule has 3 heterocycles. The number of rotatable bonds is 2. The molecule has 1 fully saturated rings. The molecule has 1 atom stereocenters. The van der Waals surface area contributed by atoms with Crippen molar-refractivity contribution in [3.63, 3.8) is 0 Å². The van der Waals surface area contributed by atoms with Gasteiger partial charge in [-0.3, -0.25) is 9.36 Å². The first-order valence-electron chi connectivity index (χ1n) is 10.3. The van der Waals surface area contributed by atoms with Crippen molar-refractivity contribution in [2.45, 2.75) is 45.3 Å². The minimum absolute atomic E-state index is 0.0567. The average Bonchev–Trinajstić information content (AvgIpc) is 3.27. The highest BCUT2D eigenvalue weighted by Gasteiger charge is 2.35. The molecule has 3 aromatic rings. The Kier molecular flexibility index (Phi) is 4.23. The molecule has 6 nitrogen and oxygen atoms in total. The molecular weight excluding hydrogens is 366 g/mol. The first-order valence-corrected chi connectivity index (χ1v) is 10.3. The van der Waals surface area contributed by atoms with Crippen LogP contribution < -0.4 is 10.4 Å². The first-order chi connectivity index (χ1) is 14.0. The molecule has 29 heavy (non-hydrogen) atoms. The van der Waals surface area contributed by atoms with Gasteiger partial charge in [0.25, 0.3) is 5.91 Å². The van der Waals surface area contributed by atoms with E-state index in [0.717, 1.165) is 35.2 Å². The van der Waals surface area contributed by atoms with Crippen molar-refractivity contribution >= 4 is 16.9 Å². The van der Waals surface area contributed by atoms with Crippen LogP contribution in [0.2, 0.25) is 0 Å². The normalized spacial score (nSPS) is 19.4. The van der Waals surface area contributed by atoms with Crippen LogP contribution in [0.25, 0.3) is 11.0 Å². The second-order valence-corrected chi connectivity index (χ2v) is 8.23. The van der Waals surface area contributed by atoms with Crippen molar-refractivity contribution < 1.29 is 9.53 Å². The quantitative estimate of drug-likeness (QED) is 0.730. The number of aryl methyl sites for hydroxylation is 2. The Bertz CT molecular complexity index is 1120. The number of likely N-dealkylation sites (tertiary alicyclic amines) is 1. The van der Waals surface area contributed by atoms with Crippen molar-refractivity contribution in [1.29, 1.82) is 0 Å². The number of H-pyrrole nitrogens is 1. The van der Waals surface area contributed by atoms with Crippen LogP contribution in [0, 0.1) is 13.8 Å². The lowest BCUT2D eigenvalue weighted by molar-refractivity contribution is -0.139. The average molecular weight is 391 g/mol. The maximum absolute atomic E-state index is 13.0. The molecule has 1 saturated heterocycles. The summed E-state index contributed by atoms with van der Waals surface area (Å²) in [5.74, 6) is 0.896. The fourth-order valence-corrected chi connectivity index (χ4v) is 4.64. The van der Waals surface area contributed by atoms with Crippen molar-refractivity contribution in [3.05, 3.63) is 63.6 Å². The van der Waals surface area contributed by atoms with Crippen molar-refractivity contribution in [1.82, 2.24) is 14.5 Å². The van der Waals surface area contributed by atoms with Crippen LogP contribution in [0.1, 0.15) is 35.6 Å². The molecule has 0 aliphatic carbocycles. The number of nitrogens with one attached hydrogen (secondary N) is 1. The van der Waals surface area contributed by atoms with E-state index in [2.05, 4.69) is 24.9 Å². The standard InChI is InChI=1S/C23H25N3O3/c1-14-11-16-13-21(29-20(16)12-15(14)2)22(27)25-9-7-17(8-10-25)26-19-6-4-3-5-18(19)24-23(26)28/h3-6,11-12,17,21H,7-10,13H2,1-2H3,(H,24,28). The summed E-state index contributed by atoms with van der Waals surface area (Å²) in [6.45, 7) is 5.43. The zero-order valence-corrected chi connectivity index (χ0v) is 16.8. The SMILES string of the molecule is Cc1cc2c(cc1C)OC(C(=O)N1CCC(n3c(=O)[nH]c4ccccc43)CC1)C2. The molecule has 150 valence electrons. The Morgan fingerprint density at radius 1 is 1.10 bits per heavy atom. The number of carbonyl (C=O) groups excluding carboxylic acids is 1. The maximum atomic E-state index is 13.0. The lowest BCUT2D eigenvalue weighted by Crippen LogP contribution is -2.46. The summed E-state index contributed by atoms with van der Waals surface area (Å²) in [5.41, 5.74) is 5.25. The zero-order chi connectivity index (χ0) is 20.1. The predicted molar refractivity (Wildman–Crippen MR) is 111 cm³/mol. The maximum Gasteiger partial charge on any atom is 0.326 e. The molecule has 1 unspecified atom stereocenters. The van der Waals surface area contributed by atoms with E-state index in [1.54, 1.807) is 0 Å². The lowest BCUT2D eigenvalue weighted by Gasteiger charge is -2.33. The molecule has 0 radical (unpaired) electrons. The van der Waals surface area contributed by atoms with Crippen molar-refractivity contribution in [3.8, 4) is 5.75 Å². The van der Waals surface area contributed by atoms with E-state index < -0.39 is 6.10 Å². The molecule has 0 bridgehead atoms. The highest BCUT2D eigenvalue weighted by Crippen LogP contribution is 2.33. The van der Waals surface area contributed by atoms with Gasteiger partial charge in [0.1, 0.15) is 5.75 Å². The van der Waals surface area contributed by atoms with Crippen LogP contribution in [0.3, 0.4) is 0 Å². The van der Waals surface area contributed by atoms with Gasteiger partial charge in [-0.2, -0.15) is 0 Å². The van der Waals surface area contributed by atoms with Crippen LogP contribution in [0.15, 0.2) is 41.2 Å². The van der Waals surface area contributed by atoms with Gasteiger partial charge in [-0.15, -0.1) is 0 Å². The van der Waals surface area contributed by atoms with Gasteiger partial charge in [0.15, 0.2) is 6.10 Å². The van der Waals surface area contributed by atoms with Crippen LogP contribution in [-0.4, -0.2) is 39.6 Å². The highest BCUT2D eigenvalue weighted by molar-refractivity contribution is 5.83. The Morgan fingerprint density at radius 3 is 2.62 bits per heavy atom. The molecule has 2 aromatic carbocycles. The highest BCUT2D eigenvalue weighted by atomic mass is 16.5. The van der Waals surface area contributed by atoms with Crippen molar-refractivity contribution in [2.75, 3.05) is 13.1 Å². The minimum atomic E-state index is -0.432. The smallest absolute Gasteiger partial charge is 0.326 e. The summed E-state index contributed by atoms with van der Waals surface area (Å²) in [7, 11) is 0. The third-order valence-electron chi connectivity index (χ3n) is 6.39. The number of para-hydroxylation sites is 2. The van der Waals surface area contributed by atoms with Gasteiger partial charge in [-0.1, -0.05) is 18.2 Å². The third kappa shape index (κ3) is 3.03. The summed E-state index contributed by atoms with van der Waals surface area (Å²) < 4.78 is 7.83. The van der Waals surface area contributed by atoms with Gasteiger partial charge < -0.3 is 14.6 Å². The van der Waals surface area contributed by atoms with Crippen LogP contribution >= 0.6 is 0 Å². The van der Waals surface area contributed by atoms with Gasteiger partial charge in [0.2, 0.25) is 0 Å². The number of ether oxygens (including phenoxy) is 1. The van der Waals surface area contributed by atoms with E-state index >= 15 is 0 Å². The number of benzene rings is 2. The Hall–Kier alpha value is -3.02. The number of nitrogens with zero attached hydrogens (tertiary/aromatic N) is 2. The molecule has 1 N–H and O–H groups in total. The monoisotopic (exact) mass is 391 g/mol. The van der Waals surface area contributed by atoms with Gasteiger partial charge in [-0.05, 0) is 61.6 Å². The summed E-state index contributed by atoms with van der Waals surface area (Å²) in [6, 6.07) is 12.0. The van der Waals surface area contributed by atoms with Gasteiger partial charge in [0.05, 0.1) is 11.0 Å². The Balaban J connectivity index is 1.28. The molecular formula is C23H25N3O3. The Labute approximate surface area is 169 Å². The molecule has 1 amide bonds. The largest absolute Gasteiger partial charge is 0.480 e. The van der Waals surface area contributed by atoms with Gasteiger partial charge in [0, 0.05) is 25.6 Å². The third-order valence-corrected chi connectivity index (χ3v) is 6.39. The lowest BCUT2D eigenvalue weighted by atomic mass is 10.0. The molecule has 5 rings (SSSR count). The number of piperidine rings is 1. The van der Waals surface area contributed by atoms with E-state index in [1.807, 2.05) is 39.8 Å². The number of aromatic nitrogens is 2. The number of aromatic amines is 1. The number of fused-ring (bicyclic) bond motifs is 2. The first kappa shape index (κ1) is 18.0. The summed E-state index contributed by atoms with van der Waals surface area (Å²) in [5, 5.41) is 0. The van der Waals surface area contributed by atoms with E-state index in [1.165, 1.54) is 11.1 Å². The summed E-state index contributed by atoms with van der Waals surface area (Å²) >= 11 is 0. The summed E-state index contributed by atoms with van der Waals surface area (Å²) in [6.07, 6.45) is 1.74. The molecule has 2 aliphatic heterocycles. The number of amides is 1. The zero-order valence-electron chi connectivity index (χ0n) is 16.8. The minimum Gasteiger partial charge on any atom is -0.480 e. The number of hydrogen-bond donors (Lipinski definition) is 1. The molecule has 0 saturated carbocycles. The van der Waals surface area contributed by atoms with Crippen LogP contribution in [0.4, 0.5) is 0 Å². The van der Waals surface area contributed by atoms with Crippen molar-refractivity contribution in [2.24, 2.45) is 0 Å². The second-order valence-electron chi connectivity index (χ2n) is 8.23. The van der Waals surface area contributed by atoms with E-state index in [4.69, 9.17) is 4.74 Å². The number of carbonyl (C=O) groups is 1.